The first kappa shape index (κ1) is 11.8. The summed E-state index contributed by atoms with van der Waals surface area (Å²) in [5.41, 5.74) is 0.0785. The highest BCUT2D eigenvalue weighted by Gasteiger charge is 2.18. The number of hydrogen-bond donors (Lipinski definition) is 1. The van der Waals surface area contributed by atoms with Crippen molar-refractivity contribution in [3.63, 3.8) is 0 Å². The van der Waals surface area contributed by atoms with E-state index in [-0.39, 0.29) is 11.4 Å². The minimum atomic E-state index is -0.554. The number of aromatic nitrogens is 1. The van der Waals surface area contributed by atoms with E-state index in [0.29, 0.717) is 0 Å². The van der Waals surface area contributed by atoms with Crippen molar-refractivity contribution in [2.75, 3.05) is 0 Å². The van der Waals surface area contributed by atoms with Crippen molar-refractivity contribution in [1.29, 1.82) is 0 Å². The summed E-state index contributed by atoms with van der Waals surface area (Å²) in [7, 11) is 1.56. The molecule has 0 saturated heterocycles. The van der Waals surface area contributed by atoms with Gasteiger partial charge < -0.3 is 9.88 Å². The fourth-order valence-electron chi connectivity index (χ4n) is 1.18. The average molecular weight is 221 g/mol. The first-order valence-electron chi connectivity index (χ1n) is 4.53. The standard InChI is InChI=1S/C10H11N3O3/c1-4-7(2)11-10(14)9-5-8(13(15)16)6-12(9)3/h1,5-7H,2-3H3,(H,11,14). The minimum Gasteiger partial charge on any atom is -0.340 e. The Kier molecular flexibility index (Phi) is 3.30. The normalized spacial score (nSPS) is 11.6. The molecule has 1 aromatic rings. The highest BCUT2D eigenvalue weighted by molar-refractivity contribution is 5.93. The second-order valence-electron chi connectivity index (χ2n) is 3.31. The molecule has 0 aromatic carbocycles. The molecule has 1 amide bonds. The molecule has 0 aliphatic heterocycles. The Hall–Kier alpha value is -2.29. The summed E-state index contributed by atoms with van der Waals surface area (Å²) >= 11 is 0. The summed E-state index contributed by atoms with van der Waals surface area (Å²) < 4.78 is 1.39. The third-order valence-electron chi connectivity index (χ3n) is 2.03. The van der Waals surface area contributed by atoms with E-state index in [4.69, 9.17) is 6.42 Å². The van der Waals surface area contributed by atoms with Crippen LogP contribution in [0.2, 0.25) is 0 Å². The molecule has 0 bridgehead atoms. The number of aryl methyl sites for hydroxylation is 1. The molecule has 1 rings (SSSR count). The zero-order valence-electron chi connectivity index (χ0n) is 8.93. The van der Waals surface area contributed by atoms with E-state index in [1.54, 1.807) is 14.0 Å². The molecule has 0 fully saturated rings. The van der Waals surface area contributed by atoms with Crippen LogP contribution < -0.4 is 5.32 Å². The Balaban J connectivity index is 2.92. The summed E-state index contributed by atoms with van der Waals surface area (Å²) in [6.45, 7) is 1.65. The molecule has 1 atom stereocenters. The maximum Gasteiger partial charge on any atom is 0.287 e. The van der Waals surface area contributed by atoms with E-state index >= 15 is 0 Å². The van der Waals surface area contributed by atoms with Crippen LogP contribution in [0.5, 0.6) is 0 Å². The Bertz CT molecular complexity index is 470. The molecule has 0 saturated carbocycles. The lowest BCUT2D eigenvalue weighted by Crippen LogP contribution is -2.32. The number of rotatable bonds is 3. The van der Waals surface area contributed by atoms with Gasteiger partial charge in [-0.15, -0.1) is 6.42 Å². The van der Waals surface area contributed by atoms with Crippen LogP contribution in [0.15, 0.2) is 12.3 Å². The molecular formula is C10H11N3O3. The number of nitrogens with one attached hydrogen (secondary N) is 1. The van der Waals surface area contributed by atoms with Gasteiger partial charge in [-0.05, 0) is 6.92 Å². The monoisotopic (exact) mass is 221 g/mol. The highest BCUT2D eigenvalue weighted by atomic mass is 16.6. The lowest BCUT2D eigenvalue weighted by Gasteiger charge is -2.07. The average Bonchev–Trinajstić information content (AvgIpc) is 2.60. The molecule has 1 aromatic heterocycles. The van der Waals surface area contributed by atoms with Gasteiger partial charge in [-0.3, -0.25) is 14.9 Å². The van der Waals surface area contributed by atoms with Crippen LogP contribution in [0, 0.1) is 22.5 Å². The molecule has 0 radical (unpaired) electrons. The first-order chi connectivity index (χ1) is 7.45. The lowest BCUT2D eigenvalue weighted by atomic mass is 10.3. The highest BCUT2D eigenvalue weighted by Crippen LogP contribution is 2.14. The molecule has 0 spiro atoms. The van der Waals surface area contributed by atoms with E-state index in [1.807, 2.05) is 0 Å². The topological polar surface area (TPSA) is 77.2 Å². The maximum absolute atomic E-state index is 11.6. The van der Waals surface area contributed by atoms with Crippen LogP contribution in [0.4, 0.5) is 5.69 Å². The van der Waals surface area contributed by atoms with Crippen LogP contribution in [-0.2, 0) is 7.05 Å². The number of carbonyl (C=O) groups is 1. The van der Waals surface area contributed by atoms with E-state index in [2.05, 4.69) is 11.2 Å². The van der Waals surface area contributed by atoms with Crippen LogP contribution in [0.3, 0.4) is 0 Å². The van der Waals surface area contributed by atoms with E-state index in [9.17, 15) is 14.9 Å². The summed E-state index contributed by atoms with van der Waals surface area (Å²) in [5.74, 6) is 1.91. The summed E-state index contributed by atoms with van der Waals surface area (Å²) in [6, 6.07) is 0.792. The fourth-order valence-corrected chi connectivity index (χ4v) is 1.18. The Morgan fingerprint density at radius 2 is 2.38 bits per heavy atom. The van der Waals surface area contributed by atoms with Crippen LogP contribution in [0.1, 0.15) is 17.4 Å². The van der Waals surface area contributed by atoms with Gasteiger partial charge in [0.1, 0.15) is 5.69 Å². The Labute approximate surface area is 92.4 Å². The third-order valence-corrected chi connectivity index (χ3v) is 2.03. The minimum absolute atomic E-state index is 0.124. The van der Waals surface area contributed by atoms with Crippen molar-refractivity contribution in [3.8, 4) is 12.3 Å². The SMILES string of the molecule is C#CC(C)NC(=O)c1cc([N+](=O)[O-])cn1C. The summed E-state index contributed by atoms with van der Waals surface area (Å²) in [5, 5.41) is 13.0. The number of carbonyl (C=O) groups excluding carboxylic acids is 1. The van der Waals surface area contributed by atoms with Crippen molar-refractivity contribution < 1.29 is 9.72 Å². The number of hydrogen-bond acceptors (Lipinski definition) is 3. The molecule has 6 heteroatoms. The molecule has 0 aliphatic carbocycles. The summed E-state index contributed by atoms with van der Waals surface area (Å²) in [4.78, 5) is 21.6. The molecule has 84 valence electrons. The van der Waals surface area contributed by atoms with Gasteiger partial charge in [-0.2, -0.15) is 0 Å². The molecule has 6 nitrogen and oxygen atoms in total. The van der Waals surface area contributed by atoms with Gasteiger partial charge in [0.05, 0.1) is 17.2 Å². The molecule has 1 heterocycles. The van der Waals surface area contributed by atoms with Crippen molar-refractivity contribution in [1.82, 2.24) is 9.88 Å². The molecular weight excluding hydrogens is 210 g/mol. The third kappa shape index (κ3) is 2.39. The van der Waals surface area contributed by atoms with Gasteiger partial charge in [0.15, 0.2) is 0 Å². The molecule has 1 unspecified atom stereocenters. The largest absolute Gasteiger partial charge is 0.340 e. The Morgan fingerprint density at radius 1 is 1.75 bits per heavy atom. The molecule has 1 N–H and O–H groups in total. The zero-order valence-corrected chi connectivity index (χ0v) is 8.93. The van der Waals surface area contributed by atoms with Gasteiger partial charge in [0, 0.05) is 13.1 Å². The van der Waals surface area contributed by atoms with Crippen molar-refractivity contribution >= 4 is 11.6 Å². The maximum atomic E-state index is 11.6. The zero-order chi connectivity index (χ0) is 12.3. The van der Waals surface area contributed by atoms with E-state index in [1.165, 1.54) is 16.8 Å². The van der Waals surface area contributed by atoms with Gasteiger partial charge in [0.25, 0.3) is 11.6 Å². The lowest BCUT2D eigenvalue weighted by molar-refractivity contribution is -0.384. The van der Waals surface area contributed by atoms with Crippen LogP contribution in [-0.4, -0.2) is 21.4 Å². The second-order valence-corrected chi connectivity index (χ2v) is 3.31. The van der Waals surface area contributed by atoms with Crippen molar-refractivity contribution in [2.45, 2.75) is 13.0 Å². The first-order valence-corrected chi connectivity index (χ1v) is 4.53. The molecule has 16 heavy (non-hydrogen) atoms. The van der Waals surface area contributed by atoms with Crippen molar-refractivity contribution in [2.24, 2.45) is 7.05 Å². The van der Waals surface area contributed by atoms with Gasteiger partial charge in [-0.1, -0.05) is 5.92 Å². The smallest absolute Gasteiger partial charge is 0.287 e. The van der Waals surface area contributed by atoms with Gasteiger partial charge in [-0.25, -0.2) is 0 Å². The van der Waals surface area contributed by atoms with E-state index < -0.39 is 16.9 Å². The summed E-state index contributed by atoms with van der Waals surface area (Å²) in [6.07, 6.45) is 6.38. The van der Waals surface area contributed by atoms with Gasteiger partial charge in [0.2, 0.25) is 0 Å². The predicted molar refractivity (Wildman–Crippen MR) is 57.8 cm³/mol. The van der Waals surface area contributed by atoms with Crippen LogP contribution >= 0.6 is 0 Å². The van der Waals surface area contributed by atoms with E-state index in [0.717, 1.165) is 0 Å². The number of nitrogens with zero attached hydrogens (tertiary/aromatic N) is 2. The fraction of sp³-hybridized carbons (Fsp3) is 0.300. The molecule has 0 aliphatic rings. The Morgan fingerprint density at radius 3 is 2.81 bits per heavy atom. The number of nitro groups is 1. The second kappa shape index (κ2) is 4.49. The quantitative estimate of drug-likeness (QED) is 0.463. The van der Waals surface area contributed by atoms with Crippen molar-refractivity contribution in [3.05, 3.63) is 28.1 Å². The number of amides is 1. The van der Waals surface area contributed by atoms with Crippen LogP contribution in [0.25, 0.3) is 0 Å². The number of terminal acetylenes is 1. The predicted octanol–water partition coefficient (Wildman–Crippen LogP) is 0.685. The van der Waals surface area contributed by atoms with Gasteiger partial charge >= 0.3 is 0 Å².